The van der Waals surface area contributed by atoms with E-state index in [0.717, 1.165) is 0 Å². The van der Waals surface area contributed by atoms with Crippen molar-refractivity contribution in [2.45, 2.75) is 0 Å². The lowest BCUT2D eigenvalue weighted by atomic mass is 10.1. The van der Waals surface area contributed by atoms with Gasteiger partial charge in [-0.15, -0.1) is 0 Å². The molecule has 1 aliphatic heterocycles. The van der Waals surface area contributed by atoms with Crippen LogP contribution in [0.4, 0.5) is 0 Å². The molecule has 3 aromatic rings. The molecule has 4 rings (SSSR count). The molecular formula is C18H12ClN3O5. The third-order valence-corrected chi connectivity index (χ3v) is 4.01. The first-order valence-corrected chi connectivity index (χ1v) is 8.21. The average Bonchev–Trinajstić information content (AvgIpc) is 3.34. The van der Waals surface area contributed by atoms with Crippen LogP contribution >= 0.6 is 11.6 Å². The summed E-state index contributed by atoms with van der Waals surface area (Å²) in [7, 11) is 0. The zero-order valence-corrected chi connectivity index (χ0v) is 14.4. The predicted octanol–water partition coefficient (Wildman–Crippen LogP) is 2.80. The van der Waals surface area contributed by atoms with Gasteiger partial charge in [-0.1, -0.05) is 28.9 Å². The number of fused-ring (bicyclic) bond motifs is 1. The fourth-order valence-electron chi connectivity index (χ4n) is 2.45. The Balaban J connectivity index is 1.40. The summed E-state index contributed by atoms with van der Waals surface area (Å²) in [4.78, 5) is 24.3. The SMILES string of the molecule is O=C(NNC(=O)c1cc(-c2cccc(Cl)c2)on1)c1ccc2c(c1)OCO2. The van der Waals surface area contributed by atoms with E-state index in [1.54, 1.807) is 36.4 Å². The first-order valence-electron chi connectivity index (χ1n) is 7.83. The maximum atomic E-state index is 12.2. The lowest BCUT2D eigenvalue weighted by Crippen LogP contribution is -2.41. The summed E-state index contributed by atoms with van der Waals surface area (Å²) in [5.74, 6) is 0.273. The number of hydrogen-bond donors (Lipinski definition) is 2. The Bertz CT molecular complexity index is 1030. The minimum Gasteiger partial charge on any atom is -0.454 e. The molecule has 0 fully saturated rings. The number of nitrogens with zero attached hydrogens (tertiary/aromatic N) is 1. The van der Waals surface area contributed by atoms with Crippen molar-refractivity contribution in [3.8, 4) is 22.8 Å². The summed E-state index contributed by atoms with van der Waals surface area (Å²) >= 11 is 5.94. The molecule has 0 spiro atoms. The molecule has 0 radical (unpaired) electrons. The highest BCUT2D eigenvalue weighted by Crippen LogP contribution is 2.32. The zero-order chi connectivity index (χ0) is 18.8. The summed E-state index contributed by atoms with van der Waals surface area (Å²) in [5, 5.41) is 4.24. The van der Waals surface area contributed by atoms with Crippen molar-refractivity contribution in [1.29, 1.82) is 0 Å². The lowest BCUT2D eigenvalue weighted by molar-refractivity contribution is 0.0841. The molecule has 2 N–H and O–H groups in total. The third-order valence-electron chi connectivity index (χ3n) is 3.78. The molecule has 2 amide bonds. The Labute approximate surface area is 158 Å². The van der Waals surface area contributed by atoms with Crippen molar-refractivity contribution >= 4 is 23.4 Å². The van der Waals surface area contributed by atoms with Gasteiger partial charge in [0.1, 0.15) is 0 Å². The number of hydrogen-bond acceptors (Lipinski definition) is 6. The van der Waals surface area contributed by atoms with Crippen LogP contribution in [0, 0.1) is 0 Å². The maximum absolute atomic E-state index is 12.2. The van der Waals surface area contributed by atoms with Crippen LogP contribution in [0.1, 0.15) is 20.8 Å². The van der Waals surface area contributed by atoms with Crippen LogP contribution in [0.15, 0.2) is 53.1 Å². The Hall–Kier alpha value is -3.52. The maximum Gasteiger partial charge on any atom is 0.291 e. The lowest BCUT2D eigenvalue weighted by Gasteiger charge is -2.06. The van der Waals surface area contributed by atoms with Gasteiger partial charge in [-0.25, -0.2) is 0 Å². The summed E-state index contributed by atoms with van der Waals surface area (Å²) in [6.45, 7) is 0.109. The van der Waals surface area contributed by atoms with Gasteiger partial charge in [-0.05, 0) is 30.3 Å². The second kappa shape index (κ2) is 7.00. The number of ether oxygens (including phenoxy) is 2. The first kappa shape index (κ1) is 16.9. The molecule has 2 heterocycles. The van der Waals surface area contributed by atoms with Gasteiger partial charge >= 0.3 is 0 Å². The number of halogens is 1. The van der Waals surface area contributed by atoms with Crippen LogP contribution in [0.25, 0.3) is 11.3 Å². The molecule has 136 valence electrons. The van der Waals surface area contributed by atoms with Gasteiger partial charge in [0.05, 0.1) is 0 Å². The first-order chi connectivity index (χ1) is 13.1. The van der Waals surface area contributed by atoms with Gasteiger partial charge in [0.15, 0.2) is 23.0 Å². The van der Waals surface area contributed by atoms with E-state index >= 15 is 0 Å². The summed E-state index contributed by atoms with van der Waals surface area (Å²) in [5.41, 5.74) is 5.59. The van der Waals surface area contributed by atoms with Gasteiger partial charge in [0.2, 0.25) is 6.79 Å². The largest absolute Gasteiger partial charge is 0.454 e. The van der Waals surface area contributed by atoms with Crippen LogP contribution in [-0.4, -0.2) is 23.8 Å². The van der Waals surface area contributed by atoms with Crippen LogP contribution in [0.2, 0.25) is 5.02 Å². The standard InChI is InChI=1S/C18H12ClN3O5/c19-12-3-1-2-10(6-12)15-8-13(22-27-15)18(24)21-20-17(23)11-4-5-14-16(7-11)26-9-25-14/h1-8H,9H2,(H,20,23)(H,21,24). The second-order valence-corrected chi connectivity index (χ2v) is 6.00. The molecule has 2 aromatic carbocycles. The number of nitrogens with one attached hydrogen (secondary N) is 2. The Kier molecular flexibility index (Phi) is 4.39. The molecule has 1 aromatic heterocycles. The minimum absolute atomic E-state index is 0.0102. The number of carbonyl (C=O) groups is 2. The van der Waals surface area contributed by atoms with Crippen LogP contribution in [-0.2, 0) is 0 Å². The Morgan fingerprint density at radius 1 is 0.963 bits per heavy atom. The van der Waals surface area contributed by atoms with Crippen molar-refractivity contribution in [3.63, 3.8) is 0 Å². The summed E-state index contributed by atoms with van der Waals surface area (Å²) < 4.78 is 15.6. The molecular weight excluding hydrogens is 374 g/mol. The van der Waals surface area contributed by atoms with Crippen molar-refractivity contribution in [2.24, 2.45) is 0 Å². The number of carbonyl (C=O) groups excluding carboxylic acids is 2. The molecule has 0 aliphatic carbocycles. The second-order valence-electron chi connectivity index (χ2n) is 5.56. The van der Waals surface area contributed by atoms with Crippen molar-refractivity contribution in [3.05, 3.63) is 64.8 Å². The van der Waals surface area contributed by atoms with Crippen LogP contribution in [0.5, 0.6) is 11.5 Å². The van der Waals surface area contributed by atoms with E-state index < -0.39 is 11.8 Å². The molecule has 27 heavy (non-hydrogen) atoms. The predicted molar refractivity (Wildman–Crippen MR) is 94.4 cm³/mol. The monoisotopic (exact) mass is 385 g/mol. The highest BCUT2D eigenvalue weighted by atomic mass is 35.5. The number of rotatable bonds is 3. The molecule has 0 unspecified atom stereocenters. The van der Waals surface area contributed by atoms with Crippen LogP contribution in [0.3, 0.4) is 0 Å². The van der Waals surface area contributed by atoms with Crippen molar-refractivity contribution < 1.29 is 23.6 Å². The van der Waals surface area contributed by atoms with E-state index in [-0.39, 0.29) is 12.5 Å². The molecule has 0 bridgehead atoms. The molecule has 0 saturated heterocycles. The smallest absolute Gasteiger partial charge is 0.291 e. The van der Waals surface area contributed by atoms with Gasteiger partial charge in [0.25, 0.3) is 11.8 Å². The number of benzene rings is 2. The van der Waals surface area contributed by atoms with E-state index in [0.29, 0.717) is 33.4 Å². The highest BCUT2D eigenvalue weighted by molar-refractivity contribution is 6.30. The van der Waals surface area contributed by atoms with E-state index in [1.165, 1.54) is 12.1 Å². The zero-order valence-electron chi connectivity index (χ0n) is 13.7. The van der Waals surface area contributed by atoms with E-state index in [1.807, 2.05) is 0 Å². The Morgan fingerprint density at radius 3 is 2.63 bits per heavy atom. The minimum atomic E-state index is -0.624. The number of amides is 2. The summed E-state index contributed by atoms with van der Waals surface area (Å²) in [6, 6.07) is 13.1. The topological polar surface area (TPSA) is 103 Å². The normalized spacial score (nSPS) is 11.9. The Morgan fingerprint density at radius 2 is 1.78 bits per heavy atom. The summed E-state index contributed by atoms with van der Waals surface area (Å²) in [6.07, 6.45) is 0. The van der Waals surface area contributed by atoms with Crippen LogP contribution < -0.4 is 20.3 Å². The molecule has 1 aliphatic rings. The third kappa shape index (κ3) is 3.56. The molecule has 0 atom stereocenters. The fraction of sp³-hybridized carbons (Fsp3) is 0.0556. The highest BCUT2D eigenvalue weighted by Gasteiger charge is 2.18. The number of hydrazine groups is 1. The van der Waals surface area contributed by atoms with Crippen molar-refractivity contribution in [2.75, 3.05) is 6.79 Å². The van der Waals surface area contributed by atoms with E-state index in [2.05, 4.69) is 16.0 Å². The van der Waals surface area contributed by atoms with Gasteiger partial charge < -0.3 is 14.0 Å². The van der Waals surface area contributed by atoms with Gasteiger partial charge in [0, 0.05) is 22.2 Å². The number of aromatic nitrogens is 1. The van der Waals surface area contributed by atoms with E-state index in [9.17, 15) is 9.59 Å². The average molecular weight is 386 g/mol. The van der Waals surface area contributed by atoms with Gasteiger partial charge in [-0.3, -0.25) is 20.4 Å². The molecule has 9 heteroatoms. The fourth-order valence-corrected chi connectivity index (χ4v) is 2.64. The molecule has 0 saturated carbocycles. The molecule has 8 nitrogen and oxygen atoms in total. The van der Waals surface area contributed by atoms with E-state index in [4.69, 9.17) is 25.6 Å². The quantitative estimate of drug-likeness (QED) is 0.672. The van der Waals surface area contributed by atoms with Gasteiger partial charge in [-0.2, -0.15) is 0 Å². The van der Waals surface area contributed by atoms with Crippen molar-refractivity contribution in [1.82, 2.24) is 16.0 Å².